The van der Waals surface area contributed by atoms with Gasteiger partial charge in [0, 0.05) is 30.5 Å². The third-order valence-corrected chi connectivity index (χ3v) is 4.02. The van der Waals surface area contributed by atoms with Crippen LogP contribution in [-0.4, -0.2) is 27.0 Å². The van der Waals surface area contributed by atoms with Gasteiger partial charge in [0.05, 0.1) is 0 Å². The molecule has 5 heteroatoms. The van der Waals surface area contributed by atoms with Crippen LogP contribution in [0.15, 0.2) is 42.7 Å². The van der Waals surface area contributed by atoms with Crippen molar-refractivity contribution in [3.8, 4) is 0 Å². The number of hydrogen-bond donors (Lipinski definition) is 1. The van der Waals surface area contributed by atoms with Crippen LogP contribution in [0, 0.1) is 0 Å². The molecule has 0 saturated heterocycles. The molecule has 0 unspecified atom stereocenters. The second kappa shape index (κ2) is 5.84. The zero-order valence-corrected chi connectivity index (χ0v) is 12.1. The Bertz CT molecular complexity index is 661. The third kappa shape index (κ3) is 3.06. The third-order valence-electron chi connectivity index (χ3n) is 3.79. The van der Waals surface area contributed by atoms with Gasteiger partial charge >= 0.3 is 5.97 Å². The fourth-order valence-corrected chi connectivity index (χ4v) is 2.94. The minimum absolute atomic E-state index is 0.502. The van der Waals surface area contributed by atoms with Gasteiger partial charge in [0.25, 0.3) is 0 Å². The molecule has 21 heavy (non-hydrogen) atoms. The van der Waals surface area contributed by atoms with Crippen molar-refractivity contribution >= 4 is 17.6 Å². The van der Waals surface area contributed by atoms with E-state index in [1.165, 1.54) is 0 Å². The molecule has 3 rings (SSSR count). The largest absolute Gasteiger partial charge is 0.480 e. The first-order chi connectivity index (χ1) is 10.1. The van der Waals surface area contributed by atoms with Crippen molar-refractivity contribution in [3.05, 3.63) is 64.4 Å². The van der Waals surface area contributed by atoms with Gasteiger partial charge in [-0.1, -0.05) is 23.7 Å². The molecule has 4 nitrogen and oxygen atoms in total. The first-order valence-corrected chi connectivity index (χ1v) is 7.14. The number of benzene rings is 1. The van der Waals surface area contributed by atoms with Gasteiger partial charge in [-0.2, -0.15) is 0 Å². The Hall–Kier alpha value is -1.91. The summed E-state index contributed by atoms with van der Waals surface area (Å²) < 4.78 is 0. The van der Waals surface area contributed by atoms with E-state index in [9.17, 15) is 9.90 Å². The summed E-state index contributed by atoms with van der Waals surface area (Å²) in [5, 5.41) is 10.2. The van der Waals surface area contributed by atoms with Gasteiger partial charge in [-0.3, -0.25) is 14.7 Å². The van der Waals surface area contributed by atoms with Gasteiger partial charge in [0.2, 0.25) is 0 Å². The molecule has 0 saturated carbocycles. The van der Waals surface area contributed by atoms with Gasteiger partial charge < -0.3 is 5.11 Å². The molecule has 1 aliphatic rings. The molecular formula is C16H15ClN2O2. The minimum atomic E-state index is -0.792. The van der Waals surface area contributed by atoms with Crippen LogP contribution in [0.25, 0.3) is 0 Å². The molecule has 108 valence electrons. The molecule has 0 amide bonds. The van der Waals surface area contributed by atoms with Crippen LogP contribution in [0.2, 0.25) is 5.02 Å². The van der Waals surface area contributed by atoms with E-state index in [1.54, 1.807) is 12.4 Å². The van der Waals surface area contributed by atoms with E-state index in [2.05, 4.69) is 4.98 Å². The fraction of sp³-hybridized carbons (Fsp3) is 0.250. The van der Waals surface area contributed by atoms with Crippen LogP contribution in [0.3, 0.4) is 0 Å². The van der Waals surface area contributed by atoms with Crippen molar-refractivity contribution in [3.63, 3.8) is 0 Å². The average molecular weight is 303 g/mol. The molecule has 0 fully saturated rings. The molecule has 1 aliphatic heterocycles. The summed E-state index contributed by atoms with van der Waals surface area (Å²) in [5.74, 6) is -0.792. The smallest absolute Gasteiger partial charge is 0.321 e. The number of carboxylic acids is 1. The number of hydrogen-bond acceptors (Lipinski definition) is 3. The van der Waals surface area contributed by atoms with E-state index >= 15 is 0 Å². The van der Waals surface area contributed by atoms with Crippen molar-refractivity contribution in [2.75, 3.05) is 0 Å². The minimum Gasteiger partial charge on any atom is -0.480 e. The Morgan fingerprint density at radius 3 is 2.95 bits per heavy atom. The lowest BCUT2D eigenvalue weighted by atomic mass is 9.93. The highest BCUT2D eigenvalue weighted by atomic mass is 35.5. The van der Waals surface area contributed by atoms with Crippen LogP contribution < -0.4 is 0 Å². The number of pyridine rings is 1. The Kier molecular flexibility index (Phi) is 3.90. The number of rotatable bonds is 3. The Balaban J connectivity index is 1.89. The first kappa shape index (κ1) is 14.0. The SMILES string of the molecule is O=C(O)[C@H]1Cc2ccc(Cl)cc2CN1Cc1cccnc1. The summed E-state index contributed by atoms with van der Waals surface area (Å²) >= 11 is 6.04. The predicted octanol–water partition coefficient (Wildman–Crippen LogP) is 2.75. The molecule has 1 aromatic carbocycles. The van der Waals surface area contributed by atoms with Gasteiger partial charge in [0.15, 0.2) is 0 Å². The summed E-state index contributed by atoms with van der Waals surface area (Å²) in [4.78, 5) is 17.6. The highest BCUT2D eigenvalue weighted by Crippen LogP contribution is 2.27. The summed E-state index contributed by atoms with van der Waals surface area (Å²) in [6.45, 7) is 1.15. The number of fused-ring (bicyclic) bond motifs is 1. The number of aliphatic carboxylic acids is 1. The first-order valence-electron chi connectivity index (χ1n) is 6.76. The summed E-state index contributed by atoms with van der Waals surface area (Å²) in [6, 6.07) is 8.97. The van der Waals surface area contributed by atoms with Crippen LogP contribution in [-0.2, 0) is 24.3 Å². The van der Waals surface area contributed by atoms with Crippen LogP contribution in [0.5, 0.6) is 0 Å². The Morgan fingerprint density at radius 1 is 1.38 bits per heavy atom. The van der Waals surface area contributed by atoms with Crippen molar-refractivity contribution < 1.29 is 9.90 Å². The fourth-order valence-electron chi connectivity index (χ4n) is 2.74. The van der Waals surface area contributed by atoms with Crippen molar-refractivity contribution in [1.29, 1.82) is 0 Å². The zero-order chi connectivity index (χ0) is 14.8. The topological polar surface area (TPSA) is 53.4 Å². The van der Waals surface area contributed by atoms with Crippen LogP contribution in [0.1, 0.15) is 16.7 Å². The lowest BCUT2D eigenvalue weighted by molar-refractivity contribution is -0.144. The predicted molar refractivity (Wildman–Crippen MR) is 80.1 cm³/mol. The lowest BCUT2D eigenvalue weighted by Crippen LogP contribution is -2.45. The molecule has 1 aromatic heterocycles. The van der Waals surface area contributed by atoms with Gasteiger partial charge in [-0.15, -0.1) is 0 Å². The number of nitrogens with zero attached hydrogens (tertiary/aromatic N) is 2. The van der Waals surface area contributed by atoms with Crippen molar-refractivity contribution in [2.45, 2.75) is 25.6 Å². The normalized spacial score (nSPS) is 18.2. The Morgan fingerprint density at radius 2 is 2.24 bits per heavy atom. The van der Waals surface area contributed by atoms with E-state index < -0.39 is 12.0 Å². The van der Waals surface area contributed by atoms with E-state index in [0.29, 0.717) is 24.5 Å². The average Bonchev–Trinajstić information content (AvgIpc) is 2.47. The standard InChI is InChI=1S/C16H15ClN2O2/c17-14-4-3-12-7-15(16(20)21)19(10-13(12)6-14)9-11-2-1-5-18-8-11/h1-6,8,15H,7,9-10H2,(H,20,21)/t15-/m1/s1. The molecule has 2 heterocycles. The maximum Gasteiger partial charge on any atom is 0.321 e. The maximum absolute atomic E-state index is 11.5. The summed E-state index contributed by atoms with van der Waals surface area (Å²) in [7, 11) is 0. The highest BCUT2D eigenvalue weighted by Gasteiger charge is 2.31. The van der Waals surface area contributed by atoms with Gasteiger partial charge in [0.1, 0.15) is 6.04 Å². The van der Waals surface area contributed by atoms with Crippen LogP contribution >= 0.6 is 11.6 Å². The molecule has 0 radical (unpaired) electrons. The summed E-state index contributed by atoms with van der Waals surface area (Å²) in [5.41, 5.74) is 3.17. The lowest BCUT2D eigenvalue weighted by Gasteiger charge is -2.34. The second-order valence-electron chi connectivity index (χ2n) is 5.24. The van der Waals surface area contributed by atoms with E-state index in [0.717, 1.165) is 16.7 Å². The maximum atomic E-state index is 11.5. The monoisotopic (exact) mass is 302 g/mol. The quantitative estimate of drug-likeness (QED) is 0.947. The number of halogens is 1. The second-order valence-corrected chi connectivity index (χ2v) is 5.67. The van der Waals surface area contributed by atoms with Gasteiger partial charge in [-0.05, 0) is 41.3 Å². The molecule has 2 aromatic rings. The number of carbonyl (C=O) groups is 1. The van der Waals surface area contributed by atoms with E-state index in [4.69, 9.17) is 11.6 Å². The molecular weight excluding hydrogens is 288 g/mol. The highest BCUT2D eigenvalue weighted by molar-refractivity contribution is 6.30. The van der Waals surface area contributed by atoms with Crippen molar-refractivity contribution in [1.82, 2.24) is 9.88 Å². The van der Waals surface area contributed by atoms with Crippen molar-refractivity contribution in [2.24, 2.45) is 0 Å². The number of aromatic nitrogens is 1. The molecule has 1 atom stereocenters. The molecule has 1 N–H and O–H groups in total. The number of carboxylic acid groups (broad SMARTS) is 1. The van der Waals surface area contributed by atoms with Crippen LogP contribution in [0.4, 0.5) is 0 Å². The molecule has 0 aliphatic carbocycles. The summed E-state index contributed by atoms with van der Waals surface area (Å²) in [6.07, 6.45) is 3.98. The van der Waals surface area contributed by atoms with E-state index in [-0.39, 0.29) is 0 Å². The molecule has 0 bridgehead atoms. The zero-order valence-electron chi connectivity index (χ0n) is 11.4. The van der Waals surface area contributed by atoms with E-state index in [1.807, 2.05) is 35.2 Å². The molecule has 0 spiro atoms. The Labute approximate surface area is 128 Å². The van der Waals surface area contributed by atoms with Gasteiger partial charge in [-0.25, -0.2) is 0 Å².